The van der Waals surface area contributed by atoms with Crippen LogP contribution in [0, 0.1) is 20.8 Å². The number of hydrogen-bond acceptors (Lipinski definition) is 5. The Morgan fingerprint density at radius 2 is 1.67 bits per heavy atom. The van der Waals surface area contributed by atoms with Gasteiger partial charge in [0.1, 0.15) is 0 Å². The van der Waals surface area contributed by atoms with E-state index in [2.05, 4.69) is 10.2 Å². The summed E-state index contributed by atoms with van der Waals surface area (Å²) in [6.07, 6.45) is -0.898. The maximum atomic E-state index is 12.5. The first-order chi connectivity index (χ1) is 14.3. The van der Waals surface area contributed by atoms with E-state index in [0.29, 0.717) is 5.56 Å². The number of rotatable bonds is 6. The van der Waals surface area contributed by atoms with Gasteiger partial charge in [-0.25, -0.2) is 4.79 Å². The highest BCUT2D eigenvalue weighted by Gasteiger charge is 2.20. The Bertz CT molecular complexity index is 879. The topological polar surface area (TPSA) is 67.9 Å². The highest BCUT2D eigenvalue weighted by Crippen LogP contribution is 2.22. The van der Waals surface area contributed by atoms with E-state index >= 15 is 0 Å². The normalized spacial score (nSPS) is 15.5. The zero-order valence-corrected chi connectivity index (χ0v) is 18.2. The molecule has 0 unspecified atom stereocenters. The van der Waals surface area contributed by atoms with Crippen LogP contribution in [0.2, 0.25) is 0 Å². The molecular formula is C24H30N2O4. The first-order valence-electron chi connectivity index (χ1n) is 10.3. The van der Waals surface area contributed by atoms with Crippen LogP contribution in [0.25, 0.3) is 0 Å². The average molecular weight is 411 g/mol. The van der Waals surface area contributed by atoms with Gasteiger partial charge in [0.05, 0.1) is 18.8 Å². The fourth-order valence-electron chi connectivity index (χ4n) is 3.65. The van der Waals surface area contributed by atoms with Crippen LogP contribution in [-0.4, -0.2) is 49.2 Å². The smallest absolute Gasteiger partial charge is 0.338 e. The van der Waals surface area contributed by atoms with Crippen molar-refractivity contribution in [2.24, 2.45) is 0 Å². The third kappa shape index (κ3) is 5.68. The van der Waals surface area contributed by atoms with Gasteiger partial charge in [-0.1, -0.05) is 29.8 Å². The number of amides is 1. The van der Waals surface area contributed by atoms with Gasteiger partial charge in [0.15, 0.2) is 6.10 Å². The number of carbonyl (C=O) groups is 2. The number of benzene rings is 2. The van der Waals surface area contributed by atoms with Crippen molar-refractivity contribution in [2.45, 2.75) is 40.3 Å². The number of hydrogen-bond donors (Lipinski definition) is 1. The summed E-state index contributed by atoms with van der Waals surface area (Å²) in [4.78, 5) is 27.3. The Morgan fingerprint density at radius 1 is 1.07 bits per heavy atom. The number of ether oxygens (including phenoxy) is 2. The van der Waals surface area contributed by atoms with Crippen molar-refractivity contribution >= 4 is 17.6 Å². The lowest BCUT2D eigenvalue weighted by Crippen LogP contribution is -2.35. The third-order valence-electron chi connectivity index (χ3n) is 5.28. The minimum atomic E-state index is -0.898. The second kappa shape index (κ2) is 9.87. The molecule has 0 aromatic heterocycles. The molecule has 0 spiro atoms. The molecule has 1 aliphatic heterocycles. The van der Waals surface area contributed by atoms with E-state index in [0.717, 1.165) is 60.8 Å². The molecule has 0 aliphatic carbocycles. The molecule has 160 valence electrons. The van der Waals surface area contributed by atoms with Crippen molar-refractivity contribution in [2.75, 3.05) is 31.6 Å². The molecule has 0 saturated carbocycles. The van der Waals surface area contributed by atoms with E-state index in [1.54, 1.807) is 19.1 Å². The first kappa shape index (κ1) is 22.0. The summed E-state index contributed by atoms with van der Waals surface area (Å²) in [5, 5.41) is 2.89. The maximum absolute atomic E-state index is 12.5. The van der Waals surface area contributed by atoms with E-state index in [1.165, 1.54) is 0 Å². The Hall–Kier alpha value is -2.70. The predicted octanol–water partition coefficient (Wildman–Crippen LogP) is 3.63. The molecule has 1 fully saturated rings. The minimum Gasteiger partial charge on any atom is -0.449 e. The van der Waals surface area contributed by atoms with Crippen LogP contribution in [-0.2, 0) is 20.8 Å². The SMILES string of the molecule is Cc1cc(C)c(NC(=O)[C@@H](C)OC(=O)c2ccc(CN3CCOCC3)cc2)c(C)c1. The summed E-state index contributed by atoms with van der Waals surface area (Å²) in [7, 11) is 0. The molecule has 1 atom stereocenters. The fourth-order valence-corrected chi connectivity index (χ4v) is 3.65. The number of carbonyl (C=O) groups excluding carboxylic acids is 2. The minimum absolute atomic E-state index is 0.345. The molecule has 6 nitrogen and oxygen atoms in total. The lowest BCUT2D eigenvalue weighted by atomic mass is 10.0. The van der Waals surface area contributed by atoms with Crippen molar-refractivity contribution in [3.05, 3.63) is 64.2 Å². The van der Waals surface area contributed by atoms with Crippen molar-refractivity contribution in [1.29, 1.82) is 0 Å². The third-order valence-corrected chi connectivity index (χ3v) is 5.28. The van der Waals surface area contributed by atoms with Crippen molar-refractivity contribution in [1.82, 2.24) is 4.90 Å². The van der Waals surface area contributed by atoms with E-state index < -0.39 is 12.1 Å². The van der Waals surface area contributed by atoms with Crippen molar-refractivity contribution < 1.29 is 19.1 Å². The fraction of sp³-hybridized carbons (Fsp3) is 0.417. The quantitative estimate of drug-likeness (QED) is 0.737. The average Bonchev–Trinajstić information content (AvgIpc) is 2.71. The Balaban J connectivity index is 1.56. The maximum Gasteiger partial charge on any atom is 0.338 e. The molecule has 1 amide bonds. The Labute approximate surface area is 178 Å². The highest BCUT2D eigenvalue weighted by molar-refractivity contribution is 5.98. The lowest BCUT2D eigenvalue weighted by molar-refractivity contribution is -0.123. The standard InChI is InChI=1S/C24H30N2O4/c1-16-13-17(2)22(18(3)14-16)25-23(27)19(4)30-24(28)21-7-5-20(6-8-21)15-26-9-11-29-12-10-26/h5-8,13-14,19H,9-12,15H2,1-4H3,(H,25,27)/t19-/m1/s1. The number of nitrogens with zero attached hydrogens (tertiary/aromatic N) is 1. The molecule has 0 radical (unpaired) electrons. The summed E-state index contributed by atoms with van der Waals surface area (Å²) >= 11 is 0. The zero-order chi connectivity index (χ0) is 21.7. The summed E-state index contributed by atoms with van der Waals surface area (Å²) in [6.45, 7) is 11.7. The summed E-state index contributed by atoms with van der Waals surface area (Å²) < 4.78 is 10.8. The second-order valence-corrected chi connectivity index (χ2v) is 7.90. The summed E-state index contributed by atoms with van der Waals surface area (Å²) in [5.41, 5.74) is 5.43. The van der Waals surface area contributed by atoms with Gasteiger partial charge in [0.25, 0.3) is 5.91 Å². The van der Waals surface area contributed by atoms with Crippen LogP contribution in [0.3, 0.4) is 0 Å². The number of esters is 1. The van der Waals surface area contributed by atoms with E-state index in [1.807, 2.05) is 45.0 Å². The van der Waals surface area contributed by atoms with Crippen molar-refractivity contribution in [3.63, 3.8) is 0 Å². The molecule has 3 rings (SSSR count). The number of anilines is 1. The lowest BCUT2D eigenvalue weighted by Gasteiger charge is -2.26. The van der Waals surface area contributed by atoms with E-state index in [-0.39, 0.29) is 5.91 Å². The van der Waals surface area contributed by atoms with Gasteiger partial charge in [-0.3, -0.25) is 9.69 Å². The molecule has 0 bridgehead atoms. The molecule has 30 heavy (non-hydrogen) atoms. The van der Waals surface area contributed by atoms with Crippen molar-refractivity contribution in [3.8, 4) is 0 Å². The molecule has 1 heterocycles. The summed E-state index contributed by atoms with van der Waals surface area (Å²) in [6, 6.07) is 11.4. The number of nitrogens with one attached hydrogen (secondary N) is 1. The van der Waals surface area contributed by atoms with Gasteiger partial charge in [0.2, 0.25) is 0 Å². The summed E-state index contributed by atoms with van der Waals surface area (Å²) in [5.74, 6) is -0.852. The van der Waals surface area contributed by atoms with Gasteiger partial charge in [-0.05, 0) is 56.5 Å². The Morgan fingerprint density at radius 3 is 2.27 bits per heavy atom. The molecule has 1 N–H and O–H groups in total. The predicted molar refractivity (Wildman–Crippen MR) is 117 cm³/mol. The molecule has 2 aromatic carbocycles. The Kier molecular flexibility index (Phi) is 7.24. The van der Waals surface area contributed by atoms with Crippen LogP contribution in [0.5, 0.6) is 0 Å². The first-order valence-corrected chi connectivity index (χ1v) is 10.3. The highest BCUT2D eigenvalue weighted by atomic mass is 16.5. The number of aryl methyl sites for hydroxylation is 3. The van der Waals surface area contributed by atoms with Crippen LogP contribution >= 0.6 is 0 Å². The van der Waals surface area contributed by atoms with Gasteiger partial charge >= 0.3 is 5.97 Å². The van der Waals surface area contributed by atoms with Gasteiger partial charge in [0, 0.05) is 25.3 Å². The van der Waals surface area contributed by atoms with Crippen LogP contribution in [0.15, 0.2) is 36.4 Å². The largest absolute Gasteiger partial charge is 0.449 e. The monoisotopic (exact) mass is 410 g/mol. The van der Waals surface area contributed by atoms with Gasteiger partial charge in [-0.15, -0.1) is 0 Å². The number of morpholine rings is 1. The molecule has 1 aliphatic rings. The molecule has 1 saturated heterocycles. The van der Waals surface area contributed by atoms with E-state index in [4.69, 9.17) is 9.47 Å². The van der Waals surface area contributed by atoms with Crippen LogP contribution in [0.4, 0.5) is 5.69 Å². The molecular weight excluding hydrogens is 380 g/mol. The van der Waals surface area contributed by atoms with Gasteiger partial charge < -0.3 is 14.8 Å². The van der Waals surface area contributed by atoms with Gasteiger partial charge in [-0.2, -0.15) is 0 Å². The van der Waals surface area contributed by atoms with Crippen LogP contribution < -0.4 is 5.32 Å². The second-order valence-electron chi connectivity index (χ2n) is 7.90. The van der Waals surface area contributed by atoms with Crippen LogP contribution in [0.1, 0.15) is 39.5 Å². The molecule has 6 heteroatoms. The molecule has 2 aromatic rings. The van der Waals surface area contributed by atoms with E-state index in [9.17, 15) is 9.59 Å². The zero-order valence-electron chi connectivity index (χ0n) is 18.2.